The highest BCUT2D eigenvalue weighted by Crippen LogP contribution is 2.20. The fourth-order valence-electron chi connectivity index (χ4n) is 1.45. The third-order valence-electron chi connectivity index (χ3n) is 2.12. The second-order valence-corrected chi connectivity index (χ2v) is 3.37. The molecule has 1 aliphatic rings. The molecule has 74 valence electrons. The zero-order chi connectivity index (χ0) is 9.97. The fourth-order valence-corrected chi connectivity index (χ4v) is 1.57. The van der Waals surface area contributed by atoms with Gasteiger partial charge in [-0.15, -0.1) is 17.1 Å². The van der Waals surface area contributed by atoms with E-state index in [4.69, 9.17) is 11.6 Å². The van der Waals surface area contributed by atoms with Gasteiger partial charge in [-0.2, -0.15) is 0 Å². The molecule has 3 nitrogen and oxygen atoms in total. The Kier molecular flexibility index (Phi) is 2.61. The first-order valence-electron chi connectivity index (χ1n) is 4.41. The second kappa shape index (κ2) is 3.90. The summed E-state index contributed by atoms with van der Waals surface area (Å²) in [6, 6.07) is 10.6. The van der Waals surface area contributed by atoms with Crippen molar-refractivity contribution in [1.29, 1.82) is 0 Å². The van der Waals surface area contributed by atoms with Crippen molar-refractivity contribution in [3.8, 4) is 0 Å². The van der Waals surface area contributed by atoms with Crippen molar-refractivity contribution < 1.29 is 0 Å². The van der Waals surface area contributed by atoms with Gasteiger partial charge in [-0.05, 0) is 0 Å². The van der Waals surface area contributed by atoms with Gasteiger partial charge >= 0.3 is 0 Å². The first-order valence-corrected chi connectivity index (χ1v) is 4.94. The Morgan fingerprint density at radius 3 is 2.57 bits per heavy atom. The first kappa shape index (κ1) is 9.37. The van der Waals surface area contributed by atoms with Crippen LogP contribution in [0, 0.1) is 0 Å². The van der Waals surface area contributed by atoms with E-state index in [1.807, 2.05) is 41.5 Å². The first-order chi connectivity index (χ1) is 6.81. The van der Waals surface area contributed by atoms with E-state index >= 15 is 0 Å². The molecule has 1 aliphatic heterocycles. The van der Waals surface area contributed by atoms with Crippen LogP contribution in [0.15, 0.2) is 36.5 Å². The average Bonchev–Trinajstić information content (AvgIpc) is 2.61. The molecule has 0 spiro atoms. The van der Waals surface area contributed by atoms with Crippen LogP contribution in [0.2, 0.25) is 0 Å². The molecule has 0 aromatic heterocycles. The normalized spacial score (nSPS) is 16.0. The standard InChI is InChI=1S/C10H12ClN3/c1-13-10(7-14(8-11)12-13)9-5-3-2-4-6-9/h2-7,12H,8H2,1H3. The molecule has 1 aromatic carbocycles. The molecular formula is C10H12ClN3. The highest BCUT2D eigenvalue weighted by atomic mass is 35.5. The minimum Gasteiger partial charge on any atom is -0.292 e. The molecular weight excluding hydrogens is 198 g/mol. The van der Waals surface area contributed by atoms with Gasteiger partial charge in [0.15, 0.2) is 0 Å². The lowest BCUT2D eigenvalue weighted by Gasteiger charge is -2.18. The molecule has 0 bridgehead atoms. The maximum absolute atomic E-state index is 5.72. The van der Waals surface area contributed by atoms with Crippen molar-refractivity contribution in [2.24, 2.45) is 0 Å². The van der Waals surface area contributed by atoms with Crippen LogP contribution < -0.4 is 5.53 Å². The maximum Gasteiger partial charge on any atom is 0.110 e. The minimum atomic E-state index is 0.431. The summed E-state index contributed by atoms with van der Waals surface area (Å²) in [7, 11) is 1.96. The number of rotatable bonds is 2. The van der Waals surface area contributed by atoms with Crippen LogP contribution >= 0.6 is 11.6 Å². The molecule has 0 atom stereocenters. The summed E-state index contributed by atoms with van der Waals surface area (Å²) in [5.41, 5.74) is 5.39. The van der Waals surface area contributed by atoms with Crippen LogP contribution in [-0.4, -0.2) is 23.1 Å². The van der Waals surface area contributed by atoms with Gasteiger partial charge in [0.25, 0.3) is 0 Å². The third kappa shape index (κ3) is 1.69. The molecule has 1 aromatic rings. The van der Waals surface area contributed by atoms with E-state index in [2.05, 4.69) is 17.7 Å². The molecule has 2 rings (SSSR count). The Hall–Kier alpha value is -1.19. The summed E-state index contributed by atoms with van der Waals surface area (Å²) in [5.74, 6) is 0. The molecule has 0 aliphatic carbocycles. The Morgan fingerprint density at radius 2 is 2.00 bits per heavy atom. The Balaban J connectivity index is 2.27. The predicted octanol–water partition coefficient (Wildman–Crippen LogP) is 1.85. The lowest BCUT2D eigenvalue weighted by Crippen LogP contribution is -2.36. The zero-order valence-corrected chi connectivity index (χ0v) is 8.70. The number of hydrazine groups is 2. The van der Waals surface area contributed by atoms with Crippen molar-refractivity contribution in [3.63, 3.8) is 0 Å². The van der Waals surface area contributed by atoms with Gasteiger partial charge in [-0.25, -0.2) is 0 Å². The summed E-state index contributed by atoms with van der Waals surface area (Å²) < 4.78 is 0. The Bertz CT molecular complexity index is 336. The number of halogens is 1. The number of hydrogen-bond donors (Lipinski definition) is 1. The number of nitrogens with zero attached hydrogens (tertiary/aromatic N) is 2. The van der Waals surface area contributed by atoms with E-state index in [9.17, 15) is 0 Å². The number of hydrogen-bond acceptors (Lipinski definition) is 3. The van der Waals surface area contributed by atoms with E-state index in [0.29, 0.717) is 6.00 Å². The van der Waals surface area contributed by atoms with Crippen molar-refractivity contribution in [3.05, 3.63) is 42.1 Å². The summed E-state index contributed by atoms with van der Waals surface area (Å²) in [5, 5.41) is 3.77. The number of nitrogens with one attached hydrogen (secondary N) is 1. The highest BCUT2D eigenvalue weighted by molar-refractivity contribution is 6.17. The maximum atomic E-state index is 5.72. The van der Waals surface area contributed by atoms with Crippen molar-refractivity contribution in [2.45, 2.75) is 0 Å². The summed E-state index contributed by atoms with van der Waals surface area (Å²) in [4.78, 5) is 0. The van der Waals surface area contributed by atoms with Crippen LogP contribution in [0.25, 0.3) is 5.70 Å². The lowest BCUT2D eigenvalue weighted by molar-refractivity contribution is 0.190. The van der Waals surface area contributed by atoms with Gasteiger partial charge in [0.2, 0.25) is 0 Å². The van der Waals surface area contributed by atoms with E-state index in [-0.39, 0.29) is 0 Å². The van der Waals surface area contributed by atoms with Gasteiger partial charge in [0, 0.05) is 18.8 Å². The predicted molar refractivity (Wildman–Crippen MR) is 57.9 cm³/mol. The van der Waals surface area contributed by atoms with Crippen LogP contribution in [0.1, 0.15) is 5.56 Å². The summed E-state index contributed by atoms with van der Waals surface area (Å²) in [6.07, 6.45) is 1.99. The van der Waals surface area contributed by atoms with Crippen molar-refractivity contribution >= 4 is 17.3 Å². The Morgan fingerprint density at radius 1 is 1.29 bits per heavy atom. The quantitative estimate of drug-likeness (QED) is 0.593. The van der Waals surface area contributed by atoms with Gasteiger partial charge in [-0.1, -0.05) is 30.3 Å². The molecule has 0 amide bonds. The van der Waals surface area contributed by atoms with Gasteiger partial charge in [0.1, 0.15) is 6.00 Å². The molecule has 4 heteroatoms. The van der Waals surface area contributed by atoms with Crippen LogP contribution in [-0.2, 0) is 0 Å². The summed E-state index contributed by atoms with van der Waals surface area (Å²) >= 11 is 5.72. The fraction of sp³-hybridized carbons (Fsp3) is 0.200. The van der Waals surface area contributed by atoms with Crippen molar-refractivity contribution in [2.75, 3.05) is 13.1 Å². The Labute approximate surface area is 88.5 Å². The van der Waals surface area contributed by atoms with Crippen molar-refractivity contribution in [1.82, 2.24) is 15.6 Å². The molecule has 0 radical (unpaired) electrons. The summed E-state index contributed by atoms with van der Waals surface area (Å²) in [6.45, 7) is 0. The molecule has 1 N–H and O–H groups in total. The molecule has 1 heterocycles. The molecule has 0 fully saturated rings. The topological polar surface area (TPSA) is 18.5 Å². The van der Waals surface area contributed by atoms with Gasteiger partial charge in [-0.3, -0.25) is 10.0 Å². The lowest BCUT2D eigenvalue weighted by atomic mass is 10.2. The van der Waals surface area contributed by atoms with E-state index in [0.717, 1.165) is 5.70 Å². The number of benzene rings is 1. The molecule has 0 saturated heterocycles. The van der Waals surface area contributed by atoms with Gasteiger partial charge in [0.05, 0.1) is 5.70 Å². The highest BCUT2D eigenvalue weighted by Gasteiger charge is 2.16. The van der Waals surface area contributed by atoms with Crippen LogP contribution in [0.5, 0.6) is 0 Å². The van der Waals surface area contributed by atoms with Crippen LogP contribution in [0.4, 0.5) is 0 Å². The molecule has 0 unspecified atom stereocenters. The average molecular weight is 210 g/mol. The molecule has 0 saturated carbocycles. The van der Waals surface area contributed by atoms with E-state index in [1.54, 1.807) is 0 Å². The third-order valence-corrected chi connectivity index (χ3v) is 2.37. The zero-order valence-electron chi connectivity index (χ0n) is 7.94. The van der Waals surface area contributed by atoms with Gasteiger partial charge < -0.3 is 0 Å². The van der Waals surface area contributed by atoms with E-state index < -0.39 is 0 Å². The minimum absolute atomic E-state index is 0.431. The van der Waals surface area contributed by atoms with E-state index in [1.165, 1.54) is 5.56 Å². The number of alkyl halides is 1. The molecule has 14 heavy (non-hydrogen) atoms. The van der Waals surface area contributed by atoms with Crippen LogP contribution in [0.3, 0.4) is 0 Å². The SMILES string of the molecule is CN1NN(CCl)C=C1c1ccccc1. The smallest absolute Gasteiger partial charge is 0.110 e. The monoisotopic (exact) mass is 209 g/mol. The second-order valence-electron chi connectivity index (χ2n) is 3.13. The largest absolute Gasteiger partial charge is 0.292 e.